The fourth-order valence-electron chi connectivity index (χ4n) is 6.22. The lowest BCUT2D eigenvalue weighted by molar-refractivity contribution is -0.131. The van der Waals surface area contributed by atoms with E-state index in [0.29, 0.717) is 19.3 Å². The third-order valence-electron chi connectivity index (χ3n) is 9.33. The van der Waals surface area contributed by atoms with Crippen LogP contribution in [0.25, 0.3) is 0 Å². The first-order valence-corrected chi connectivity index (χ1v) is 21.6. The second kappa shape index (κ2) is 33.5. The van der Waals surface area contributed by atoms with E-state index in [1.54, 1.807) is 0 Å². The summed E-state index contributed by atoms with van der Waals surface area (Å²) in [5.74, 6) is -1.47. The third kappa shape index (κ3) is 33.3. The average molecular weight is 688 g/mol. The molecule has 1 amide bonds. The molecule has 0 bridgehead atoms. The number of aliphatic hydroxyl groups is 2. The van der Waals surface area contributed by atoms with Crippen LogP contribution >= 0.6 is 0 Å². The van der Waals surface area contributed by atoms with Gasteiger partial charge in [-0.2, -0.15) is 8.42 Å². The number of carbonyl (C=O) groups excluding carboxylic acids is 1. The van der Waals surface area contributed by atoms with Gasteiger partial charge >= 0.3 is 0 Å². The molecular weight excluding hydrogens is 610 g/mol. The lowest BCUT2D eigenvalue weighted by atomic mass is 10.0. The Kier molecular flexibility index (Phi) is 32.8. The van der Waals surface area contributed by atoms with E-state index in [9.17, 15) is 28.0 Å². The maximum absolute atomic E-state index is 12.6. The molecular formula is C39H77NO6S. The Bertz CT molecular complexity index is 818. The van der Waals surface area contributed by atoms with E-state index in [2.05, 4.69) is 31.3 Å². The van der Waals surface area contributed by atoms with E-state index in [-0.39, 0.29) is 6.42 Å². The SMILES string of the molecule is CCCCCCCC/C=C\CCCCC(O)C(=O)NC(CS(=O)(=O)O)C(O)CCCCCCCCCCCCCCCCCCCC. The summed E-state index contributed by atoms with van der Waals surface area (Å²) in [6.07, 6.45) is 36.6. The summed E-state index contributed by atoms with van der Waals surface area (Å²) < 4.78 is 32.5. The van der Waals surface area contributed by atoms with E-state index in [4.69, 9.17) is 0 Å². The molecule has 0 radical (unpaired) electrons. The molecule has 3 atom stereocenters. The van der Waals surface area contributed by atoms with Crippen LogP contribution in [0.1, 0.15) is 206 Å². The van der Waals surface area contributed by atoms with Gasteiger partial charge < -0.3 is 15.5 Å². The maximum Gasteiger partial charge on any atom is 0.266 e. The quantitative estimate of drug-likeness (QED) is 0.0295. The minimum absolute atomic E-state index is 0.269. The monoisotopic (exact) mass is 688 g/mol. The van der Waals surface area contributed by atoms with E-state index < -0.39 is 40.0 Å². The van der Waals surface area contributed by atoms with E-state index >= 15 is 0 Å². The molecule has 0 saturated heterocycles. The molecule has 0 rings (SSSR count). The highest BCUT2D eigenvalue weighted by molar-refractivity contribution is 7.85. The Hall–Kier alpha value is -0.960. The van der Waals surface area contributed by atoms with Gasteiger partial charge in [-0.25, -0.2) is 0 Å². The van der Waals surface area contributed by atoms with Gasteiger partial charge in [0.2, 0.25) is 5.91 Å². The van der Waals surface area contributed by atoms with Gasteiger partial charge in [0.05, 0.1) is 17.9 Å². The van der Waals surface area contributed by atoms with E-state index in [1.165, 1.54) is 128 Å². The first-order valence-electron chi connectivity index (χ1n) is 20.0. The summed E-state index contributed by atoms with van der Waals surface area (Å²) in [5.41, 5.74) is 0. The molecule has 0 aliphatic carbocycles. The smallest absolute Gasteiger partial charge is 0.266 e. The Morgan fingerprint density at radius 3 is 1.30 bits per heavy atom. The van der Waals surface area contributed by atoms with Crippen molar-refractivity contribution < 1.29 is 28.0 Å². The minimum atomic E-state index is -4.41. The van der Waals surface area contributed by atoms with Crippen molar-refractivity contribution in [3.63, 3.8) is 0 Å². The van der Waals surface area contributed by atoms with Crippen molar-refractivity contribution in [2.45, 2.75) is 225 Å². The summed E-state index contributed by atoms with van der Waals surface area (Å²) >= 11 is 0. The maximum atomic E-state index is 12.6. The Balaban J connectivity index is 3.99. The number of aliphatic hydroxyl groups excluding tert-OH is 2. The van der Waals surface area contributed by atoms with Gasteiger partial charge in [-0.1, -0.05) is 180 Å². The number of rotatable bonds is 36. The molecule has 0 aliphatic rings. The van der Waals surface area contributed by atoms with Crippen LogP contribution in [-0.2, 0) is 14.9 Å². The number of nitrogens with one attached hydrogen (secondary N) is 1. The molecule has 8 heteroatoms. The molecule has 47 heavy (non-hydrogen) atoms. The normalized spacial score (nSPS) is 14.1. The Morgan fingerprint density at radius 2 is 0.894 bits per heavy atom. The topological polar surface area (TPSA) is 124 Å². The molecule has 0 aromatic heterocycles. The van der Waals surface area contributed by atoms with Crippen molar-refractivity contribution in [2.24, 2.45) is 0 Å². The van der Waals surface area contributed by atoms with Gasteiger partial charge in [-0.3, -0.25) is 9.35 Å². The third-order valence-corrected chi connectivity index (χ3v) is 10.1. The van der Waals surface area contributed by atoms with Gasteiger partial charge in [0.25, 0.3) is 10.1 Å². The fourth-order valence-corrected chi connectivity index (χ4v) is 6.98. The molecule has 0 aliphatic heterocycles. The zero-order valence-electron chi connectivity index (χ0n) is 30.8. The zero-order valence-corrected chi connectivity index (χ0v) is 31.6. The van der Waals surface area contributed by atoms with Crippen LogP contribution in [0.15, 0.2) is 12.2 Å². The van der Waals surface area contributed by atoms with Crippen LogP contribution < -0.4 is 5.32 Å². The number of hydrogen-bond donors (Lipinski definition) is 4. The first kappa shape index (κ1) is 46.0. The van der Waals surface area contributed by atoms with Crippen molar-refractivity contribution in [1.82, 2.24) is 5.32 Å². The van der Waals surface area contributed by atoms with Crippen LogP contribution in [0.5, 0.6) is 0 Å². The van der Waals surface area contributed by atoms with Gasteiger partial charge in [-0.05, 0) is 38.5 Å². The van der Waals surface area contributed by atoms with Crippen LogP contribution in [0, 0.1) is 0 Å². The molecule has 0 spiro atoms. The summed E-state index contributed by atoms with van der Waals surface area (Å²) in [5, 5.41) is 23.5. The van der Waals surface area contributed by atoms with Crippen LogP contribution in [0.4, 0.5) is 0 Å². The Morgan fingerprint density at radius 1 is 0.553 bits per heavy atom. The van der Waals surface area contributed by atoms with Crippen molar-refractivity contribution in [3.8, 4) is 0 Å². The molecule has 0 heterocycles. The second-order valence-corrected chi connectivity index (χ2v) is 15.6. The number of hydrogen-bond acceptors (Lipinski definition) is 5. The van der Waals surface area contributed by atoms with Crippen molar-refractivity contribution in [2.75, 3.05) is 5.75 Å². The van der Waals surface area contributed by atoms with Crippen LogP contribution in [0.3, 0.4) is 0 Å². The van der Waals surface area contributed by atoms with Gasteiger partial charge in [-0.15, -0.1) is 0 Å². The summed E-state index contributed by atoms with van der Waals surface area (Å²) in [6.45, 7) is 4.49. The zero-order chi connectivity index (χ0) is 34.9. The molecule has 0 saturated carbocycles. The van der Waals surface area contributed by atoms with E-state index in [1.807, 2.05) is 0 Å². The standard InChI is InChI=1S/C39H77NO6S/c1-3-5-7-9-11-13-15-17-18-19-20-21-22-24-25-27-29-31-33-37(41)36(35-47(44,45)46)40-39(43)38(42)34-32-30-28-26-23-16-14-12-10-8-6-4-2/h23,26,36-38,41-42H,3-22,24-25,27-35H2,1-2H3,(H,40,43)(H,44,45,46)/b26-23-. The minimum Gasteiger partial charge on any atom is -0.391 e. The summed E-state index contributed by atoms with van der Waals surface area (Å²) in [4.78, 5) is 12.6. The predicted octanol–water partition coefficient (Wildman–Crippen LogP) is 10.4. The molecule has 0 aromatic rings. The van der Waals surface area contributed by atoms with Gasteiger partial charge in [0.1, 0.15) is 6.10 Å². The second-order valence-electron chi connectivity index (χ2n) is 14.1. The number of carbonyl (C=O) groups is 1. The highest BCUT2D eigenvalue weighted by Crippen LogP contribution is 2.16. The highest BCUT2D eigenvalue weighted by Gasteiger charge is 2.28. The number of amides is 1. The molecule has 7 nitrogen and oxygen atoms in total. The van der Waals surface area contributed by atoms with Crippen molar-refractivity contribution in [1.29, 1.82) is 0 Å². The lowest BCUT2D eigenvalue weighted by Gasteiger charge is -2.24. The molecule has 0 aromatic carbocycles. The van der Waals surface area contributed by atoms with Crippen LogP contribution in [-0.4, -0.2) is 53.1 Å². The molecule has 3 unspecified atom stereocenters. The van der Waals surface area contributed by atoms with E-state index in [0.717, 1.165) is 38.5 Å². The fraction of sp³-hybridized carbons (Fsp3) is 0.923. The van der Waals surface area contributed by atoms with Crippen molar-refractivity contribution in [3.05, 3.63) is 12.2 Å². The average Bonchev–Trinajstić information content (AvgIpc) is 3.03. The van der Waals surface area contributed by atoms with Crippen LogP contribution in [0.2, 0.25) is 0 Å². The summed E-state index contributed by atoms with van der Waals surface area (Å²) in [6, 6.07) is -1.15. The van der Waals surface area contributed by atoms with Gasteiger partial charge in [0.15, 0.2) is 0 Å². The number of unbranched alkanes of at least 4 members (excludes halogenated alkanes) is 25. The molecule has 4 N–H and O–H groups in total. The molecule has 0 fully saturated rings. The predicted molar refractivity (Wildman–Crippen MR) is 199 cm³/mol. The van der Waals surface area contributed by atoms with Gasteiger partial charge in [0, 0.05) is 0 Å². The number of allylic oxidation sites excluding steroid dienone is 2. The largest absolute Gasteiger partial charge is 0.391 e. The highest BCUT2D eigenvalue weighted by atomic mass is 32.2. The molecule has 280 valence electrons. The lowest BCUT2D eigenvalue weighted by Crippen LogP contribution is -2.50. The first-order chi connectivity index (χ1) is 22.7. The van der Waals surface area contributed by atoms with Crippen molar-refractivity contribution >= 4 is 16.0 Å². The Labute approximate surface area is 291 Å². The summed E-state index contributed by atoms with van der Waals surface area (Å²) in [7, 11) is -4.41.